The number of anilines is 1. The average molecular weight is 329 g/mol. The SMILES string of the molecule is CCc1ccccc1N1CC(C(=O)NCCN(C)C2CC2)CC1=O. The summed E-state index contributed by atoms with van der Waals surface area (Å²) >= 11 is 0. The van der Waals surface area contributed by atoms with Crippen molar-refractivity contribution in [2.24, 2.45) is 5.92 Å². The fourth-order valence-electron chi connectivity index (χ4n) is 3.39. The van der Waals surface area contributed by atoms with Gasteiger partial charge in [-0.1, -0.05) is 25.1 Å². The zero-order chi connectivity index (χ0) is 17.1. The smallest absolute Gasteiger partial charge is 0.227 e. The van der Waals surface area contributed by atoms with Crippen molar-refractivity contribution >= 4 is 17.5 Å². The number of para-hydroxylation sites is 1. The minimum Gasteiger partial charge on any atom is -0.355 e. The number of benzene rings is 1. The number of nitrogens with zero attached hydrogens (tertiary/aromatic N) is 2. The van der Waals surface area contributed by atoms with Crippen LogP contribution in [0.3, 0.4) is 0 Å². The molecular weight excluding hydrogens is 302 g/mol. The maximum absolute atomic E-state index is 12.4. The molecule has 2 fully saturated rings. The Kier molecular flexibility index (Phi) is 5.19. The molecule has 5 heteroatoms. The van der Waals surface area contributed by atoms with E-state index in [0.29, 0.717) is 25.6 Å². The summed E-state index contributed by atoms with van der Waals surface area (Å²) in [4.78, 5) is 28.8. The van der Waals surface area contributed by atoms with Crippen LogP contribution in [0.4, 0.5) is 5.69 Å². The van der Waals surface area contributed by atoms with E-state index < -0.39 is 0 Å². The molecule has 1 saturated heterocycles. The van der Waals surface area contributed by atoms with Crippen LogP contribution < -0.4 is 10.2 Å². The third-order valence-electron chi connectivity index (χ3n) is 5.09. The van der Waals surface area contributed by atoms with E-state index >= 15 is 0 Å². The molecule has 130 valence electrons. The topological polar surface area (TPSA) is 52.7 Å². The standard InChI is InChI=1S/C19H27N3O2/c1-3-14-6-4-5-7-17(14)22-13-15(12-18(22)23)19(24)20-10-11-21(2)16-8-9-16/h4-7,15-16H,3,8-13H2,1-2H3,(H,20,24). The number of rotatable bonds is 7. The molecule has 3 rings (SSSR count). The molecule has 1 N–H and O–H groups in total. The number of carbonyl (C=O) groups excluding carboxylic acids is 2. The molecule has 1 heterocycles. The van der Waals surface area contributed by atoms with Crippen molar-refractivity contribution in [1.29, 1.82) is 0 Å². The molecule has 0 aromatic heterocycles. The van der Waals surface area contributed by atoms with E-state index in [0.717, 1.165) is 24.2 Å². The van der Waals surface area contributed by atoms with Crippen molar-refractivity contribution in [3.8, 4) is 0 Å². The third kappa shape index (κ3) is 3.78. The predicted molar refractivity (Wildman–Crippen MR) is 94.9 cm³/mol. The number of hydrogen-bond acceptors (Lipinski definition) is 3. The molecule has 1 aromatic carbocycles. The van der Waals surface area contributed by atoms with E-state index in [4.69, 9.17) is 0 Å². The van der Waals surface area contributed by atoms with E-state index in [9.17, 15) is 9.59 Å². The lowest BCUT2D eigenvalue weighted by molar-refractivity contribution is -0.126. The van der Waals surface area contributed by atoms with Gasteiger partial charge in [0, 0.05) is 37.8 Å². The van der Waals surface area contributed by atoms with Gasteiger partial charge in [-0.3, -0.25) is 9.59 Å². The van der Waals surface area contributed by atoms with Crippen LogP contribution in [0, 0.1) is 5.92 Å². The zero-order valence-electron chi connectivity index (χ0n) is 14.6. The highest BCUT2D eigenvalue weighted by atomic mass is 16.2. The van der Waals surface area contributed by atoms with Crippen LogP contribution in [0.15, 0.2) is 24.3 Å². The highest BCUT2D eigenvalue weighted by molar-refractivity contribution is 6.00. The Morgan fingerprint density at radius 2 is 2.08 bits per heavy atom. The van der Waals surface area contributed by atoms with E-state index in [2.05, 4.69) is 24.2 Å². The van der Waals surface area contributed by atoms with Gasteiger partial charge in [0.05, 0.1) is 5.92 Å². The van der Waals surface area contributed by atoms with Crippen LogP contribution in [-0.2, 0) is 16.0 Å². The van der Waals surface area contributed by atoms with Crippen LogP contribution in [0.2, 0.25) is 0 Å². The summed E-state index contributed by atoms with van der Waals surface area (Å²) in [5.41, 5.74) is 2.10. The van der Waals surface area contributed by atoms with Crippen LogP contribution in [0.25, 0.3) is 0 Å². The van der Waals surface area contributed by atoms with Gasteiger partial charge >= 0.3 is 0 Å². The largest absolute Gasteiger partial charge is 0.355 e. The first-order valence-electron chi connectivity index (χ1n) is 8.96. The second-order valence-electron chi connectivity index (χ2n) is 6.89. The highest BCUT2D eigenvalue weighted by Crippen LogP contribution is 2.28. The summed E-state index contributed by atoms with van der Waals surface area (Å²) in [7, 11) is 2.10. The quantitative estimate of drug-likeness (QED) is 0.830. The maximum atomic E-state index is 12.4. The minimum atomic E-state index is -0.242. The fraction of sp³-hybridized carbons (Fsp3) is 0.579. The van der Waals surface area contributed by atoms with E-state index in [1.807, 2.05) is 24.3 Å². The Morgan fingerprint density at radius 1 is 1.33 bits per heavy atom. The first-order valence-corrected chi connectivity index (χ1v) is 8.96. The number of nitrogens with one attached hydrogen (secondary N) is 1. The van der Waals surface area contributed by atoms with Crippen molar-refractivity contribution in [2.75, 3.05) is 31.6 Å². The van der Waals surface area contributed by atoms with Gasteiger partial charge in [0.25, 0.3) is 0 Å². The van der Waals surface area contributed by atoms with Gasteiger partial charge in [-0.15, -0.1) is 0 Å². The molecular formula is C19H27N3O2. The first kappa shape index (κ1) is 17.0. The van der Waals surface area contributed by atoms with Crippen molar-refractivity contribution in [2.45, 2.75) is 38.6 Å². The van der Waals surface area contributed by atoms with Crippen molar-refractivity contribution in [3.05, 3.63) is 29.8 Å². The molecule has 0 bridgehead atoms. The Morgan fingerprint density at radius 3 is 2.79 bits per heavy atom. The summed E-state index contributed by atoms with van der Waals surface area (Å²) in [5, 5.41) is 3.00. The maximum Gasteiger partial charge on any atom is 0.227 e. The molecule has 1 aliphatic carbocycles. The Bertz CT molecular complexity index is 612. The minimum absolute atomic E-state index is 0.00373. The molecule has 2 amide bonds. The summed E-state index contributed by atoms with van der Waals surface area (Å²) in [5.74, 6) is -0.191. The number of aryl methyl sites for hydroxylation is 1. The number of hydrogen-bond donors (Lipinski definition) is 1. The monoisotopic (exact) mass is 329 g/mol. The summed E-state index contributed by atoms with van der Waals surface area (Å²) < 4.78 is 0. The predicted octanol–water partition coefficient (Wildman–Crippen LogP) is 1.81. The van der Waals surface area contributed by atoms with Gasteiger partial charge < -0.3 is 15.1 Å². The van der Waals surface area contributed by atoms with E-state index in [1.54, 1.807) is 4.90 Å². The molecule has 0 spiro atoms. The summed E-state index contributed by atoms with van der Waals surface area (Å²) in [6.45, 7) is 4.10. The number of likely N-dealkylation sites (N-methyl/N-ethyl adjacent to an activating group) is 1. The molecule has 1 aromatic rings. The summed E-state index contributed by atoms with van der Waals surface area (Å²) in [6.07, 6.45) is 3.73. The highest BCUT2D eigenvalue weighted by Gasteiger charge is 2.35. The third-order valence-corrected chi connectivity index (χ3v) is 5.09. The Labute approximate surface area is 144 Å². The molecule has 24 heavy (non-hydrogen) atoms. The average Bonchev–Trinajstić information content (AvgIpc) is 3.37. The molecule has 1 aliphatic heterocycles. The molecule has 1 saturated carbocycles. The van der Waals surface area contributed by atoms with Gasteiger partial charge in [-0.25, -0.2) is 0 Å². The Balaban J connectivity index is 1.54. The molecule has 2 aliphatic rings. The van der Waals surface area contributed by atoms with E-state index in [1.165, 1.54) is 12.8 Å². The van der Waals surface area contributed by atoms with Crippen LogP contribution in [-0.4, -0.2) is 49.4 Å². The fourth-order valence-corrected chi connectivity index (χ4v) is 3.39. The van der Waals surface area contributed by atoms with Crippen molar-refractivity contribution in [1.82, 2.24) is 10.2 Å². The van der Waals surface area contributed by atoms with Gasteiger partial charge in [0.1, 0.15) is 0 Å². The summed E-state index contributed by atoms with van der Waals surface area (Å²) in [6, 6.07) is 8.66. The molecule has 1 atom stereocenters. The van der Waals surface area contributed by atoms with Gasteiger partial charge in [0.15, 0.2) is 0 Å². The van der Waals surface area contributed by atoms with Gasteiger partial charge in [0.2, 0.25) is 11.8 Å². The van der Waals surface area contributed by atoms with Crippen molar-refractivity contribution in [3.63, 3.8) is 0 Å². The zero-order valence-corrected chi connectivity index (χ0v) is 14.6. The lowest BCUT2D eigenvalue weighted by Gasteiger charge is -2.20. The van der Waals surface area contributed by atoms with Gasteiger partial charge in [-0.2, -0.15) is 0 Å². The molecule has 5 nitrogen and oxygen atoms in total. The lowest BCUT2D eigenvalue weighted by atomic mass is 10.1. The van der Waals surface area contributed by atoms with Crippen LogP contribution >= 0.6 is 0 Å². The van der Waals surface area contributed by atoms with E-state index in [-0.39, 0.29) is 17.7 Å². The van der Waals surface area contributed by atoms with Gasteiger partial charge in [-0.05, 0) is 37.9 Å². The lowest BCUT2D eigenvalue weighted by Crippen LogP contribution is -2.38. The second-order valence-corrected chi connectivity index (χ2v) is 6.89. The normalized spacial score (nSPS) is 20.7. The van der Waals surface area contributed by atoms with Crippen LogP contribution in [0.1, 0.15) is 31.7 Å². The number of carbonyl (C=O) groups is 2. The first-order chi connectivity index (χ1) is 11.6. The van der Waals surface area contributed by atoms with Crippen molar-refractivity contribution < 1.29 is 9.59 Å². The molecule has 1 unspecified atom stereocenters. The Hall–Kier alpha value is -1.88. The second kappa shape index (κ2) is 7.34. The number of amides is 2. The van der Waals surface area contributed by atoms with Crippen LogP contribution in [0.5, 0.6) is 0 Å². The molecule has 0 radical (unpaired) electrons.